The van der Waals surface area contributed by atoms with Gasteiger partial charge >= 0.3 is 0 Å². The molecule has 1 N–H and O–H groups in total. The fourth-order valence-electron chi connectivity index (χ4n) is 3.71. The van der Waals surface area contributed by atoms with Crippen molar-refractivity contribution in [1.29, 1.82) is 0 Å². The second-order valence-electron chi connectivity index (χ2n) is 7.21. The second-order valence-corrected chi connectivity index (χ2v) is 7.21. The molecule has 1 aliphatic heterocycles. The minimum absolute atomic E-state index is 0.158. The van der Waals surface area contributed by atoms with Crippen LogP contribution >= 0.6 is 0 Å². The van der Waals surface area contributed by atoms with Gasteiger partial charge in [-0.1, -0.05) is 41.9 Å². The number of amides is 1. The van der Waals surface area contributed by atoms with Crippen molar-refractivity contribution in [3.8, 4) is 11.3 Å². The van der Waals surface area contributed by atoms with E-state index < -0.39 is 0 Å². The summed E-state index contributed by atoms with van der Waals surface area (Å²) in [6, 6.07) is 12.2. The van der Waals surface area contributed by atoms with Gasteiger partial charge in [-0.2, -0.15) is 5.10 Å². The molecule has 1 amide bonds. The number of hydrogen-bond donors (Lipinski definition) is 1. The zero-order valence-corrected chi connectivity index (χ0v) is 16.0. The minimum Gasteiger partial charge on any atom is -0.350 e. The molecule has 4 rings (SSSR count). The molecule has 1 aromatic carbocycles. The van der Waals surface area contributed by atoms with Crippen LogP contribution in [0, 0.1) is 0 Å². The molecule has 1 atom stereocenters. The lowest BCUT2D eigenvalue weighted by Crippen LogP contribution is -2.40. The van der Waals surface area contributed by atoms with Crippen LogP contribution in [0.2, 0.25) is 0 Å². The monoisotopic (exact) mass is 379 g/mol. The van der Waals surface area contributed by atoms with Gasteiger partial charge in [-0.25, -0.2) is 0 Å². The summed E-state index contributed by atoms with van der Waals surface area (Å²) in [5.74, 6) is -0.0371. The summed E-state index contributed by atoms with van der Waals surface area (Å²) in [7, 11) is 1.83. The molecule has 28 heavy (non-hydrogen) atoms. The van der Waals surface area contributed by atoms with Gasteiger partial charge in [0.05, 0.1) is 12.2 Å². The highest BCUT2D eigenvalue weighted by Crippen LogP contribution is 2.24. The fourth-order valence-corrected chi connectivity index (χ4v) is 3.71. The Morgan fingerprint density at radius 3 is 2.71 bits per heavy atom. The summed E-state index contributed by atoms with van der Waals surface area (Å²) in [5, 5.41) is 11.1. The molecule has 7 heteroatoms. The molecule has 0 radical (unpaired) electrons. The number of carbonyl (C=O) groups is 1. The third kappa shape index (κ3) is 4.14. The number of rotatable bonds is 6. The van der Waals surface area contributed by atoms with Gasteiger partial charge in [0.15, 0.2) is 0 Å². The van der Waals surface area contributed by atoms with E-state index in [1.54, 1.807) is 16.9 Å². The number of nitrogens with one attached hydrogen (secondary N) is 1. The van der Waals surface area contributed by atoms with E-state index in [1.807, 2.05) is 31.4 Å². The number of aromatic nitrogens is 3. The zero-order valence-electron chi connectivity index (χ0n) is 16.0. The van der Waals surface area contributed by atoms with Crippen LogP contribution in [-0.2, 0) is 7.05 Å². The SMILES string of the molecule is Cn1cc(-c2cc(C(=O)NCC(c3ccccc3)N3CCCCC3)on2)cn1. The van der Waals surface area contributed by atoms with E-state index in [0.29, 0.717) is 12.2 Å². The summed E-state index contributed by atoms with van der Waals surface area (Å²) in [5.41, 5.74) is 2.65. The number of piperidine rings is 1. The molecule has 1 saturated heterocycles. The molecule has 3 heterocycles. The highest BCUT2D eigenvalue weighted by Gasteiger charge is 2.24. The Kier molecular flexibility index (Phi) is 5.53. The third-order valence-electron chi connectivity index (χ3n) is 5.21. The number of likely N-dealkylation sites (tertiary alicyclic amines) is 1. The van der Waals surface area contributed by atoms with E-state index in [-0.39, 0.29) is 17.7 Å². The Bertz CT molecular complexity index is 912. The average molecular weight is 379 g/mol. The quantitative estimate of drug-likeness (QED) is 0.712. The summed E-state index contributed by atoms with van der Waals surface area (Å²) < 4.78 is 6.95. The summed E-state index contributed by atoms with van der Waals surface area (Å²) >= 11 is 0. The molecule has 0 aliphatic carbocycles. The van der Waals surface area contributed by atoms with Crippen molar-refractivity contribution in [3.63, 3.8) is 0 Å². The van der Waals surface area contributed by atoms with Crippen molar-refractivity contribution in [2.45, 2.75) is 25.3 Å². The highest BCUT2D eigenvalue weighted by atomic mass is 16.5. The van der Waals surface area contributed by atoms with Gasteiger partial charge < -0.3 is 9.84 Å². The first-order chi connectivity index (χ1) is 13.7. The van der Waals surface area contributed by atoms with Crippen LogP contribution in [0.5, 0.6) is 0 Å². The van der Waals surface area contributed by atoms with Crippen molar-refractivity contribution in [2.24, 2.45) is 7.05 Å². The first-order valence-electron chi connectivity index (χ1n) is 9.73. The maximum atomic E-state index is 12.6. The van der Waals surface area contributed by atoms with E-state index >= 15 is 0 Å². The summed E-state index contributed by atoms with van der Waals surface area (Å²) in [6.07, 6.45) is 7.21. The Labute approximate surface area is 164 Å². The molecular formula is C21H25N5O2. The lowest BCUT2D eigenvalue weighted by molar-refractivity contribution is 0.0888. The zero-order chi connectivity index (χ0) is 19.3. The Morgan fingerprint density at radius 2 is 2.00 bits per heavy atom. The van der Waals surface area contributed by atoms with Gasteiger partial charge in [-0.15, -0.1) is 0 Å². The van der Waals surface area contributed by atoms with Crippen LogP contribution < -0.4 is 5.32 Å². The van der Waals surface area contributed by atoms with Gasteiger partial charge in [0, 0.05) is 31.4 Å². The largest absolute Gasteiger partial charge is 0.350 e. The predicted molar refractivity (Wildman–Crippen MR) is 106 cm³/mol. The molecule has 1 aliphatic rings. The Hall–Kier alpha value is -2.93. The molecule has 3 aromatic rings. The van der Waals surface area contributed by atoms with Crippen LogP contribution in [-0.4, -0.2) is 45.4 Å². The molecular weight excluding hydrogens is 354 g/mol. The average Bonchev–Trinajstić information content (AvgIpc) is 3.39. The fraction of sp³-hybridized carbons (Fsp3) is 0.381. The number of carbonyl (C=O) groups excluding carboxylic acids is 1. The maximum absolute atomic E-state index is 12.6. The molecule has 7 nitrogen and oxygen atoms in total. The molecule has 2 aromatic heterocycles. The van der Waals surface area contributed by atoms with E-state index in [9.17, 15) is 4.79 Å². The molecule has 0 bridgehead atoms. The minimum atomic E-state index is -0.249. The van der Waals surface area contributed by atoms with Gasteiger partial charge in [-0.05, 0) is 31.5 Å². The number of aryl methyl sites for hydroxylation is 1. The van der Waals surface area contributed by atoms with Crippen LogP contribution in [0.15, 0.2) is 53.3 Å². The van der Waals surface area contributed by atoms with Crippen molar-refractivity contribution in [3.05, 3.63) is 60.1 Å². The number of hydrogen-bond acceptors (Lipinski definition) is 5. The third-order valence-corrected chi connectivity index (χ3v) is 5.21. The predicted octanol–water partition coefficient (Wildman–Crippen LogP) is 3.03. The van der Waals surface area contributed by atoms with Crippen LogP contribution in [0.3, 0.4) is 0 Å². The van der Waals surface area contributed by atoms with Gasteiger partial charge in [0.25, 0.3) is 5.91 Å². The van der Waals surface area contributed by atoms with Crippen molar-refractivity contribution >= 4 is 5.91 Å². The van der Waals surface area contributed by atoms with Crippen molar-refractivity contribution < 1.29 is 9.32 Å². The summed E-state index contributed by atoms with van der Waals surface area (Å²) in [4.78, 5) is 15.1. The van der Waals surface area contributed by atoms with Gasteiger partial charge in [0.2, 0.25) is 5.76 Å². The van der Waals surface area contributed by atoms with Gasteiger partial charge in [-0.3, -0.25) is 14.4 Å². The van der Waals surface area contributed by atoms with Crippen LogP contribution in [0.1, 0.15) is 41.4 Å². The standard InChI is InChI=1S/C21H25N5O2/c1-25-15-17(13-23-25)18-12-20(28-24-18)21(27)22-14-19(16-8-4-2-5-9-16)26-10-6-3-7-11-26/h2,4-5,8-9,12-13,15,19H,3,6-7,10-11,14H2,1H3,(H,22,27). The topological polar surface area (TPSA) is 76.2 Å². The molecule has 0 saturated carbocycles. The first kappa shape index (κ1) is 18.4. The normalized spacial score (nSPS) is 16.0. The van der Waals surface area contributed by atoms with E-state index in [1.165, 1.54) is 24.8 Å². The lowest BCUT2D eigenvalue weighted by Gasteiger charge is -2.35. The lowest BCUT2D eigenvalue weighted by atomic mass is 10.0. The Balaban J connectivity index is 1.44. The first-order valence-corrected chi connectivity index (χ1v) is 9.73. The molecule has 0 spiro atoms. The van der Waals surface area contributed by atoms with Crippen molar-refractivity contribution in [2.75, 3.05) is 19.6 Å². The molecule has 1 fully saturated rings. The van der Waals surface area contributed by atoms with Crippen LogP contribution in [0.4, 0.5) is 0 Å². The van der Waals surface area contributed by atoms with E-state index in [2.05, 4.69) is 32.6 Å². The highest BCUT2D eigenvalue weighted by molar-refractivity contribution is 5.92. The second kappa shape index (κ2) is 8.39. The Morgan fingerprint density at radius 1 is 1.21 bits per heavy atom. The summed E-state index contributed by atoms with van der Waals surface area (Å²) in [6.45, 7) is 2.65. The van der Waals surface area contributed by atoms with E-state index in [0.717, 1.165) is 18.7 Å². The number of benzene rings is 1. The van der Waals surface area contributed by atoms with Crippen LogP contribution in [0.25, 0.3) is 11.3 Å². The molecule has 1 unspecified atom stereocenters. The van der Waals surface area contributed by atoms with Crippen molar-refractivity contribution in [1.82, 2.24) is 25.2 Å². The van der Waals surface area contributed by atoms with Gasteiger partial charge in [0.1, 0.15) is 5.69 Å². The number of nitrogens with zero attached hydrogens (tertiary/aromatic N) is 4. The smallest absolute Gasteiger partial charge is 0.289 e. The maximum Gasteiger partial charge on any atom is 0.289 e. The van der Waals surface area contributed by atoms with E-state index in [4.69, 9.17) is 4.52 Å². The molecule has 146 valence electrons.